The quantitative estimate of drug-likeness (QED) is 0.0775. The van der Waals surface area contributed by atoms with Gasteiger partial charge in [0.05, 0.1) is 42.1 Å². The van der Waals surface area contributed by atoms with Crippen molar-refractivity contribution < 1.29 is 48.1 Å². The molecule has 0 unspecified atom stereocenters. The highest BCUT2D eigenvalue weighted by molar-refractivity contribution is 6.05. The molecular formula is C46H50N8O10. The number of amides is 5. The number of likely N-dealkylation sites (tertiary alicyclic amines) is 2. The molecule has 4 atom stereocenters. The lowest BCUT2D eigenvalue weighted by molar-refractivity contribution is -0.120. The van der Waals surface area contributed by atoms with Crippen molar-refractivity contribution in [2.45, 2.75) is 45.1 Å². The summed E-state index contributed by atoms with van der Waals surface area (Å²) in [5, 5.41) is 21.5. The summed E-state index contributed by atoms with van der Waals surface area (Å²) in [7, 11) is 1.31. The van der Waals surface area contributed by atoms with E-state index < -0.39 is 53.8 Å². The molecule has 2 fully saturated rings. The first-order valence-electron chi connectivity index (χ1n) is 20.4. The number of para-hydroxylation sites is 3. The van der Waals surface area contributed by atoms with Crippen molar-refractivity contribution in [3.8, 4) is 0 Å². The first-order valence-corrected chi connectivity index (χ1v) is 20.4. The number of hydrogen-bond acceptors (Lipinski definition) is 12. The number of ether oxygens (including phenoxy) is 3. The number of alkyl carbamates (subject to hydrolysis) is 1. The SMILES string of the molecule is COC(=O)c1cccc2c(N[C@@H]3CN(C(=O)OC(C)(C)C)C[C@H]3C(=O)Nc3ccccc3)ncnc12.O=C(N[C@@H]1CN(C(=O)O)C[C@H]1C(=O)Nc1ccccc1)OCc1ccccc1. The first-order chi connectivity index (χ1) is 30.7. The third-order valence-electron chi connectivity index (χ3n) is 10.2. The van der Waals surface area contributed by atoms with Gasteiger partial charge in [-0.15, -0.1) is 0 Å². The standard InChI is InChI=1S/C26H29N5O5.C20H21N3O5/c1-26(2,3)36-25(34)31-13-19(23(32)29-16-9-6-5-7-10-16)20(14-31)30-22-17-11-8-12-18(24(33)35-4)21(17)27-15-28-22;24-18(21-15-9-5-2-6-10-15)16-11-23(20(26)27)12-17(16)22-19(25)28-13-14-7-3-1-4-8-14/h5-12,15,19-20H,13-14H2,1-4H3,(H,29,32)(H,27,28,30);1-10,16-17H,11-13H2,(H,21,24)(H,22,25)(H,26,27)/t19-,20-;16-,17-/m11/s1. The van der Waals surface area contributed by atoms with Crippen LogP contribution in [0.1, 0.15) is 36.7 Å². The van der Waals surface area contributed by atoms with Gasteiger partial charge in [-0.3, -0.25) is 9.59 Å². The summed E-state index contributed by atoms with van der Waals surface area (Å²) in [4.78, 5) is 85.7. The normalized spacial score (nSPS) is 17.9. The van der Waals surface area contributed by atoms with Gasteiger partial charge < -0.3 is 50.4 Å². The molecule has 2 aliphatic rings. The summed E-state index contributed by atoms with van der Waals surface area (Å²) in [5.41, 5.74) is 2.15. The van der Waals surface area contributed by atoms with E-state index in [4.69, 9.17) is 14.2 Å². The molecule has 2 saturated heterocycles. The van der Waals surface area contributed by atoms with Crippen LogP contribution in [0.2, 0.25) is 0 Å². The Hall–Kier alpha value is -7.76. The van der Waals surface area contributed by atoms with Crippen LogP contribution in [0.15, 0.2) is 116 Å². The number of nitrogens with one attached hydrogen (secondary N) is 4. The number of anilines is 3. The smallest absolute Gasteiger partial charge is 0.410 e. The summed E-state index contributed by atoms with van der Waals surface area (Å²) < 4.78 is 15.6. The highest BCUT2D eigenvalue weighted by atomic mass is 16.6. The van der Waals surface area contributed by atoms with Crippen LogP contribution in [0, 0.1) is 11.8 Å². The Kier molecular flexibility index (Phi) is 14.9. The Labute approximate surface area is 369 Å². The van der Waals surface area contributed by atoms with Gasteiger partial charge in [-0.05, 0) is 62.7 Å². The van der Waals surface area contributed by atoms with Gasteiger partial charge in [-0.25, -0.2) is 29.1 Å². The van der Waals surface area contributed by atoms with E-state index in [1.54, 1.807) is 75.4 Å². The molecular weight excluding hydrogens is 825 g/mol. The van der Waals surface area contributed by atoms with Gasteiger partial charge in [0.25, 0.3) is 0 Å². The number of esters is 1. The molecule has 0 radical (unpaired) electrons. The maximum atomic E-state index is 13.3. The van der Waals surface area contributed by atoms with Crippen LogP contribution in [-0.4, -0.2) is 112 Å². The number of aromatic nitrogens is 2. The highest BCUT2D eigenvalue weighted by Gasteiger charge is 2.42. The van der Waals surface area contributed by atoms with Crippen LogP contribution in [0.3, 0.4) is 0 Å². The lowest BCUT2D eigenvalue weighted by Crippen LogP contribution is -2.44. The summed E-state index contributed by atoms with van der Waals surface area (Å²) in [6.07, 6.45) is -0.987. The second-order valence-electron chi connectivity index (χ2n) is 16.0. The third-order valence-corrected chi connectivity index (χ3v) is 10.2. The predicted octanol–water partition coefficient (Wildman–Crippen LogP) is 6.23. The molecule has 5 amide bonds. The minimum Gasteiger partial charge on any atom is -0.465 e. The zero-order chi connectivity index (χ0) is 45.8. The van der Waals surface area contributed by atoms with Crippen LogP contribution in [0.25, 0.3) is 10.9 Å². The summed E-state index contributed by atoms with van der Waals surface area (Å²) in [6, 6.07) is 31.1. The maximum Gasteiger partial charge on any atom is 0.410 e. The molecule has 1 aromatic heterocycles. The fraction of sp³-hybridized carbons (Fsp3) is 0.304. The van der Waals surface area contributed by atoms with Crippen molar-refractivity contribution in [3.05, 3.63) is 127 Å². The fourth-order valence-electron chi connectivity index (χ4n) is 7.15. The Morgan fingerprint density at radius 2 is 1.27 bits per heavy atom. The zero-order valence-electron chi connectivity index (χ0n) is 35.7. The number of fused-ring (bicyclic) bond motifs is 1. The molecule has 3 heterocycles. The molecule has 18 nitrogen and oxygen atoms in total. The van der Waals surface area contributed by atoms with E-state index in [0.29, 0.717) is 33.7 Å². The number of methoxy groups -OCH3 is 1. The molecule has 2 aliphatic heterocycles. The number of benzene rings is 4. The van der Waals surface area contributed by atoms with Crippen LogP contribution in [-0.2, 0) is 30.4 Å². The fourth-order valence-corrected chi connectivity index (χ4v) is 7.15. The van der Waals surface area contributed by atoms with Gasteiger partial charge >= 0.3 is 24.2 Å². The van der Waals surface area contributed by atoms with Crippen molar-refractivity contribution in [3.63, 3.8) is 0 Å². The van der Waals surface area contributed by atoms with Gasteiger partial charge in [0.2, 0.25) is 11.8 Å². The minimum absolute atomic E-state index is 0.00235. The lowest BCUT2D eigenvalue weighted by Gasteiger charge is -2.24. The largest absolute Gasteiger partial charge is 0.465 e. The van der Waals surface area contributed by atoms with Gasteiger partial charge in [0.1, 0.15) is 24.4 Å². The van der Waals surface area contributed by atoms with Crippen molar-refractivity contribution in [2.75, 3.05) is 49.2 Å². The molecule has 0 aliphatic carbocycles. The minimum atomic E-state index is -1.14. The van der Waals surface area contributed by atoms with E-state index in [-0.39, 0.29) is 44.6 Å². The topological polar surface area (TPSA) is 231 Å². The van der Waals surface area contributed by atoms with Crippen molar-refractivity contribution >= 4 is 64.2 Å². The van der Waals surface area contributed by atoms with Gasteiger partial charge in [0, 0.05) is 42.9 Å². The first kappa shape index (κ1) is 45.8. The number of rotatable bonds is 10. The van der Waals surface area contributed by atoms with Crippen molar-refractivity contribution in [2.24, 2.45) is 11.8 Å². The molecule has 4 aromatic carbocycles. The number of carbonyl (C=O) groups excluding carboxylic acids is 5. The van der Waals surface area contributed by atoms with E-state index in [1.165, 1.54) is 18.3 Å². The average molecular weight is 875 g/mol. The predicted molar refractivity (Wildman–Crippen MR) is 236 cm³/mol. The average Bonchev–Trinajstić information content (AvgIpc) is 3.91. The lowest BCUT2D eigenvalue weighted by atomic mass is 10.0. The molecule has 5 aromatic rings. The molecule has 334 valence electrons. The van der Waals surface area contributed by atoms with Gasteiger partial charge in [-0.2, -0.15) is 0 Å². The summed E-state index contributed by atoms with van der Waals surface area (Å²) in [6.45, 7) is 5.88. The van der Waals surface area contributed by atoms with E-state index in [1.807, 2.05) is 54.6 Å². The molecule has 18 heteroatoms. The van der Waals surface area contributed by atoms with Crippen molar-refractivity contribution in [1.29, 1.82) is 0 Å². The monoisotopic (exact) mass is 874 g/mol. The molecule has 0 spiro atoms. The Morgan fingerprint density at radius 1 is 0.703 bits per heavy atom. The summed E-state index contributed by atoms with van der Waals surface area (Å²) in [5.74, 6) is -1.98. The molecule has 0 saturated carbocycles. The van der Waals surface area contributed by atoms with Crippen LogP contribution in [0.5, 0.6) is 0 Å². The maximum absolute atomic E-state index is 13.3. The number of nitrogens with zero attached hydrogens (tertiary/aromatic N) is 4. The van der Waals surface area contributed by atoms with Gasteiger partial charge in [0.15, 0.2) is 0 Å². The number of carboxylic acid groups (broad SMARTS) is 1. The van der Waals surface area contributed by atoms with Crippen molar-refractivity contribution in [1.82, 2.24) is 25.1 Å². The van der Waals surface area contributed by atoms with E-state index >= 15 is 0 Å². The Balaban J connectivity index is 0.000000219. The van der Waals surface area contributed by atoms with E-state index in [2.05, 4.69) is 31.2 Å². The second-order valence-corrected chi connectivity index (χ2v) is 16.0. The molecule has 64 heavy (non-hydrogen) atoms. The van der Waals surface area contributed by atoms with Crippen LogP contribution in [0.4, 0.5) is 31.6 Å². The summed E-state index contributed by atoms with van der Waals surface area (Å²) >= 11 is 0. The Bertz CT molecular complexity index is 2440. The second kappa shape index (κ2) is 20.9. The Morgan fingerprint density at radius 3 is 1.84 bits per heavy atom. The van der Waals surface area contributed by atoms with Crippen LogP contribution >= 0.6 is 0 Å². The molecule has 0 bridgehead atoms. The molecule has 7 rings (SSSR count). The number of hydrogen-bond donors (Lipinski definition) is 5. The highest BCUT2D eigenvalue weighted by Crippen LogP contribution is 2.29. The zero-order valence-corrected chi connectivity index (χ0v) is 35.7. The van der Waals surface area contributed by atoms with Gasteiger partial charge in [-0.1, -0.05) is 72.8 Å². The number of carbonyl (C=O) groups is 6. The van der Waals surface area contributed by atoms with E-state index in [0.717, 1.165) is 10.5 Å². The molecule has 5 N–H and O–H groups in total. The van der Waals surface area contributed by atoms with E-state index in [9.17, 15) is 33.9 Å². The van der Waals surface area contributed by atoms with Crippen LogP contribution < -0.4 is 21.3 Å². The third kappa shape index (κ3) is 12.2.